The quantitative estimate of drug-likeness (QED) is 0.0872. The lowest BCUT2D eigenvalue weighted by Crippen LogP contribution is -2.59. The van der Waals surface area contributed by atoms with Gasteiger partial charge < -0.3 is 42.2 Å². The summed E-state index contributed by atoms with van der Waals surface area (Å²) in [5, 5.41) is 36.3. The lowest BCUT2D eigenvalue weighted by Gasteiger charge is -2.29. The predicted octanol–water partition coefficient (Wildman–Crippen LogP) is 3.05. The molecule has 9 N–H and O–H groups in total. The molecular weight excluding hydrogens is 737 g/mol. The summed E-state index contributed by atoms with van der Waals surface area (Å²) in [4.78, 5) is 49.2. The first-order valence-corrected chi connectivity index (χ1v) is 19.2. The van der Waals surface area contributed by atoms with Crippen molar-refractivity contribution in [1.82, 2.24) is 10.6 Å². The van der Waals surface area contributed by atoms with Crippen molar-refractivity contribution in [2.75, 3.05) is 26.9 Å². The number of hydrogen-bond donors (Lipinski definition) is 7. The highest BCUT2D eigenvalue weighted by Gasteiger charge is 2.36. The van der Waals surface area contributed by atoms with Crippen LogP contribution in [0.5, 0.6) is 0 Å². The summed E-state index contributed by atoms with van der Waals surface area (Å²) in [6.07, 6.45) is 1.91. The van der Waals surface area contributed by atoms with Gasteiger partial charge in [-0.25, -0.2) is 4.79 Å². The zero-order valence-electron chi connectivity index (χ0n) is 33.5. The number of benzene rings is 4. The number of ketones is 1. The van der Waals surface area contributed by atoms with Crippen molar-refractivity contribution in [2.45, 2.75) is 63.7 Å². The predicted molar refractivity (Wildman–Crippen MR) is 222 cm³/mol. The largest absolute Gasteiger partial charge is 0.467 e. The average Bonchev–Trinajstić information content (AvgIpc) is 4.14. The molecule has 6 rings (SSSR count). The van der Waals surface area contributed by atoms with Crippen LogP contribution in [0.2, 0.25) is 0 Å². The maximum Gasteiger partial charge on any atom is 0.330 e. The first-order valence-electron chi connectivity index (χ1n) is 19.2. The van der Waals surface area contributed by atoms with E-state index in [-0.39, 0.29) is 25.0 Å². The third-order valence-electron chi connectivity index (χ3n) is 10.3. The summed E-state index contributed by atoms with van der Waals surface area (Å²) in [6, 6.07) is 20.2. The third-order valence-corrected chi connectivity index (χ3v) is 10.3. The molecule has 304 valence electrons. The van der Waals surface area contributed by atoms with E-state index in [0.29, 0.717) is 23.0 Å². The first kappa shape index (κ1) is 43.5. The van der Waals surface area contributed by atoms with Crippen LogP contribution < -0.4 is 22.1 Å². The Kier molecular flexibility index (Phi) is 13.8. The Bertz CT molecular complexity index is 2160. The van der Waals surface area contributed by atoms with E-state index >= 15 is 0 Å². The molecule has 0 radical (unpaired) electrons. The van der Waals surface area contributed by atoms with Gasteiger partial charge in [-0.2, -0.15) is 0 Å². The number of aliphatic hydroxyl groups is 3. The molecule has 2 saturated carbocycles. The summed E-state index contributed by atoms with van der Waals surface area (Å²) in [5.74, 6) is 11.9. The Morgan fingerprint density at radius 3 is 1.43 bits per heavy atom. The number of carbonyl (C=O) groups is 4. The summed E-state index contributed by atoms with van der Waals surface area (Å²) < 4.78 is 4.76. The Hall–Kier alpha value is -5.60. The molecule has 12 nitrogen and oxygen atoms in total. The van der Waals surface area contributed by atoms with Gasteiger partial charge in [0, 0.05) is 58.4 Å². The number of nitrogens with one attached hydrogen (secondary N) is 2. The highest BCUT2D eigenvalue weighted by atomic mass is 16.5. The number of aliphatic hydroxyl groups excluding tert-OH is 3. The number of rotatable bonds is 11. The number of amides is 2. The van der Waals surface area contributed by atoms with Crippen molar-refractivity contribution in [3.8, 4) is 23.7 Å². The van der Waals surface area contributed by atoms with E-state index in [4.69, 9.17) is 31.5 Å². The van der Waals surface area contributed by atoms with Gasteiger partial charge in [-0.15, -0.1) is 0 Å². The van der Waals surface area contributed by atoms with Crippen LogP contribution in [-0.2, 0) is 14.3 Å². The molecule has 2 aliphatic carbocycles. The maximum atomic E-state index is 12.7. The van der Waals surface area contributed by atoms with Crippen LogP contribution in [-0.4, -0.2) is 89.0 Å². The number of nitrogens with two attached hydrogens (primary N) is 2. The molecule has 4 aromatic carbocycles. The molecule has 0 spiro atoms. The summed E-state index contributed by atoms with van der Waals surface area (Å²) in [6.45, 7) is 6.25. The lowest BCUT2D eigenvalue weighted by molar-refractivity contribution is -0.144. The molecule has 58 heavy (non-hydrogen) atoms. The molecule has 2 fully saturated rings. The molecule has 4 aromatic rings. The highest BCUT2D eigenvalue weighted by molar-refractivity contribution is 6.02. The van der Waals surface area contributed by atoms with Crippen LogP contribution in [0.3, 0.4) is 0 Å². The molecule has 0 saturated heterocycles. The van der Waals surface area contributed by atoms with E-state index in [0.717, 1.165) is 45.5 Å². The van der Waals surface area contributed by atoms with Gasteiger partial charge in [0.05, 0.1) is 7.11 Å². The van der Waals surface area contributed by atoms with E-state index in [9.17, 15) is 19.2 Å². The van der Waals surface area contributed by atoms with Crippen LogP contribution in [0.25, 0.3) is 21.5 Å². The van der Waals surface area contributed by atoms with Crippen LogP contribution >= 0.6 is 0 Å². The topological polar surface area (TPSA) is 214 Å². The second-order valence-electron chi connectivity index (χ2n) is 16.3. The van der Waals surface area contributed by atoms with Gasteiger partial charge in [0.1, 0.15) is 18.7 Å². The fourth-order valence-electron chi connectivity index (χ4n) is 6.40. The van der Waals surface area contributed by atoms with Gasteiger partial charge >= 0.3 is 5.97 Å². The van der Waals surface area contributed by atoms with Crippen molar-refractivity contribution in [1.29, 1.82) is 0 Å². The van der Waals surface area contributed by atoms with Crippen LogP contribution in [0.4, 0.5) is 0 Å². The Labute approximate surface area is 338 Å². The van der Waals surface area contributed by atoms with Crippen molar-refractivity contribution >= 4 is 45.1 Å². The maximum absolute atomic E-state index is 12.7. The van der Waals surface area contributed by atoms with E-state index in [1.54, 1.807) is 52.0 Å². The summed E-state index contributed by atoms with van der Waals surface area (Å²) >= 11 is 0. The van der Waals surface area contributed by atoms with E-state index in [2.05, 4.69) is 34.3 Å². The molecule has 0 aromatic heterocycles. The molecular formula is C46H52N4O8. The minimum atomic E-state index is -1.00. The molecule has 6 atom stereocenters. The minimum absolute atomic E-state index is 0.188. The standard InChI is InChI=1S/2C23H26N2O4/c1-23(2,24)20(22(28)29-3)25-21(27)18-9-8-15-10-14(4-6-16(15)11-18)5-7-17-12-19(17)13-26;1-23(2,24)21(20(28)13-27)25-22(29)18-8-7-15-9-14(3-5-16(15)10-18)4-6-17-11-19(17)12-26/h4,6,8-11,17,19-20,26H,12-13,24H2,1-3H3,(H,25,27);3,5,7-10,17,19,21,26-27H,11-13,24H2,1-2H3,(H,25,29)/t17-,19?,20+;17-,19?,21+/m00/s1. The van der Waals surface area contributed by atoms with E-state index in [1.165, 1.54) is 7.11 Å². The monoisotopic (exact) mass is 788 g/mol. The SMILES string of the molecule is CC(C)(N)[C@H](NC(=O)c1ccc2cc(C#C[C@H]3CC3CO)ccc2c1)C(=O)CO.COC(=O)[C@@H](NC(=O)c1ccc2cc(C#C[C@H]3CC3CO)ccc2c1)C(C)(C)N. The minimum Gasteiger partial charge on any atom is -0.467 e. The van der Waals surface area contributed by atoms with Crippen molar-refractivity contribution < 1.29 is 39.2 Å². The van der Waals surface area contributed by atoms with E-state index in [1.807, 2.05) is 48.5 Å². The van der Waals surface area contributed by atoms with Gasteiger partial charge in [0.2, 0.25) is 0 Å². The second-order valence-corrected chi connectivity index (χ2v) is 16.3. The zero-order chi connectivity index (χ0) is 42.4. The number of ether oxygens (including phenoxy) is 1. The molecule has 2 amide bonds. The van der Waals surface area contributed by atoms with Crippen LogP contribution in [0.15, 0.2) is 72.8 Å². The fraction of sp³-hybridized carbons (Fsp3) is 0.391. The number of esters is 1. The van der Waals surface area contributed by atoms with E-state index < -0.39 is 53.3 Å². The Morgan fingerprint density at radius 1 is 0.672 bits per heavy atom. The summed E-state index contributed by atoms with van der Waals surface area (Å²) in [7, 11) is 1.26. The smallest absolute Gasteiger partial charge is 0.330 e. The molecule has 2 aliphatic rings. The van der Waals surface area contributed by atoms with Crippen LogP contribution in [0, 0.1) is 47.4 Å². The number of Topliss-reactive ketones (excluding diaryl/α,β-unsaturated/α-hetero) is 1. The lowest BCUT2D eigenvalue weighted by atomic mass is 9.92. The average molecular weight is 789 g/mol. The Balaban J connectivity index is 0.000000221. The number of hydrogen-bond acceptors (Lipinski definition) is 10. The molecule has 12 heteroatoms. The van der Waals surface area contributed by atoms with Gasteiger partial charge in [0.15, 0.2) is 5.78 Å². The van der Waals surface area contributed by atoms with Crippen molar-refractivity contribution in [2.24, 2.45) is 35.1 Å². The van der Waals surface area contributed by atoms with Crippen molar-refractivity contribution in [3.63, 3.8) is 0 Å². The molecule has 2 unspecified atom stereocenters. The number of methoxy groups -OCH3 is 1. The Morgan fingerprint density at radius 2 is 1.07 bits per heavy atom. The van der Waals surface area contributed by atoms with Gasteiger partial charge in [0.25, 0.3) is 11.8 Å². The third kappa shape index (κ3) is 11.3. The first-order chi connectivity index (χ1) is 27.4. The van der Waals surface area contributed by atoms with Gasteiger partial charge in [-0.05, 0) is 122 Å². The highest BCUT2D eigenvalue weighted by Crippen LogP contribution is 2.37. The number of carbonyl (C=O) groups excluding carboxylic acids is 4. The summed E-state index contributed by atoms with van der Waals surface area (Å²) in [5.41, 5.74) is 12.6. The van der Waals surface area contributed by atoms with Gasteiger partial charge in [-0.3, -0.25) is 14.4 Å². The zero-order valence-corrected chi connectivity index (χ0v) is 33.5. The normalized spacial score (nSPS) is 19.1. The molecule has 0 aliphatic heterocycles. The molecule has 0 bridgehead atoms. The fourth-order valence-corrected chi connectivity index (χ4v) is 6.40. The second kappa shape index (κ2) is 18.3. The van der Waals surface area contributed by atoms with Crippen molar-refractivity contribution in [3.05, 3.63) is 95.1 Å². The van der Waals surface area contributed by atoms with Gasteiger partial charge in [-0.1, -0.05) is 47.9 Å². The van der Waals surface area contributed by atoms with Crippen LogP contribution in [0.1, 0.15) is 72.4 Å². The molecule has 0 heterocycles. The number of fused-ring (bicyclic) bond motifs is 2.